The standard InChI is InChI=1S/C14H22FN3/c1-18(10-11-5-3-2-4-6-11)14-12(8-16)7-13(15)9-17-14/h7,9,11H,2-6,8,10,16H2,1H3. The number of nitrogens with zero attached hydrogens (tertiary/aromatic N) is 2. The summed E-state index contributed by atoms with van der Waals surface area (Å²) in [6, 6.07) is 1.49. The number of nitrogens with two attached hydrogens (primary N) is 1. The summed E-state index contributed by atoms with van der Waals surface area (Å²) in [5.41, 5.74) is 6.44. The predicted molar refractivity (Wildman–Crippen MR) is 71.9 cm³/mol. The lowest BCUT2D eigenvalue weighted by Crippen LogP contribution is -2.28. The molecular formula is C14H22FN3. The summed E-state index contributed by atoms with van der Waals surface area (Å²) in [6.07, 6.45) is 7.89. The lowest BCUT2D eigenvalue weighted by molar-refractivity contribution is 0.361. The van der Waals surface area contributed by atoms with Gasteiger partial charge in [0.25, 0.3) is 0 Å². The van der Waals surface area contributed by atoms with E-state index in [2.05, 4.69) is 9.88 Å². The molecule has 4 heteroatoms. The summed E-state index contributed by atoms with van der Waals surface area (Å²) in [5, 5.41) is 0. The summed E-state index contributed by atoms with van der Waals surface area (Å²) in [4.78, 5) is 6.31. The molecule has 0 aliphatic heterocycles. The second-order valence-corrected chi connectivity index (χ2v) is 5.22. The lowest BCUT2D eigenvalue weighted by Gasteiger charge is -2.28. The largest absolute Gasteiger partial charge is 0.359 e. The van der Waals surface area contributed by atoms with E-state index in [4.69, 9.17) is 5.73 Å². The maximum absolute atomic E-state index is 13.1. The van der Waals surface area contributed by atoms with Gasteiger partial charge in [0.15, 0.2) is 0 Å². The van der Waals surface area contributed by atoms with Gasteiger partial charge in [-0.2, -0.15) is 0 Å². The van der Waals surface area contributed by atoms with Gasteiger partial charge in [-0.15, -0.1) is 0 Å². The van der Waals surface area contributed by atoms with Crippen molar-refractivity contribution in [3.8, 4) is 0 Å². The second-order valence-electron chi connectivity index (χ2n) is 5.22. The van der Waals surface area contributed by atoms with Gasteiger partial charge in [-0.3, -0.25) is 0 Å². The molecule has 1 aromatic heterocycles. The summed E-state index contributed by atoms with van der Waals surface area (Å²) in [6.45, 7) is 1.32. The summed E-state index contributed by atoms with van der Waals surface area (Å²) in [7, 11) is 2.02. The van der Waals surface area contributed by atoms with Crippen LogP contribution in [0.15, 0.2) is 12.3 Å². The fourth-order valence-corrected chi connectivity index (χ4v) is 2.81. The topological polar surface area (TPSA) is 42.2 Å². The van der Waals surface area contributed by atoms with E-state index in [9.17, 15) is 4.39 Å². The van der Waals surface area contributed by atoms with E-state index in [0.29, 0.717) is 6.54 Å². The number of halogens is 1. The van der Waals surface area contributed by atoms with Crippen molar-refractivity contribution >= 4 is 5.82 Å². The van der Waals surface area contributed by atoms with E-state index in [1.807, 2.05) is 7.05 Å². The molecule has 1 heterocycles. The molecule has 0 bridgehead atoms. The van der Waals surface area contributed by atoms with Gasteiger partial charge >= 0.3 is 0 Å². The minimum Gasteiger partial charge on any atom is -0.359 e. The molecule has 1 saturated carbocycles. The van der Waals surface area contributed by atoms with E-state index in [0.717, 1.165) is 23.8 Å². The first-order valence-electron chi connectivity index (χ1n) is 6.76. The second kappa shape index (κ2) is 6.14. The normalized spacial score (nSPS) is 16.8. The van der Waals surface area contributed by atoms with Gasteiger partial charge in [0.2, 0.25) is 0 Å². The molecule has 0 saturated heterocycles. The fourth-order valence-electron chi connectivity index (χ4n) is 2.81. The third-order valence-electron chi connectivity index (χ3n) is 3.75. The highest BCUT2D eigenvalue weighted by Gasteiger charge is 2.17. The average Bonchev–Trinajstić information content (AvgIpc) is 2.39. The Labute approximate surface area is 108 Å². The first-order chi connectivity index (χ1) is 8.70. The van der Waals surface area contributed by atoms with Crippen LogP contribution in [0.2, 0.25) is 0 Å². The Morgan fingerprint density at radius 1 is 1.39 bits per heavy atom. The molecule has 0 spiro atoms. The predicted octanol–water partition coefficient (Wildman–Crippen LogP) is 2.70. The minimum absolute atomic E-state index is 0.315. The van der Waals surface area contributed by atoms with Crippen LogP contribution in [0.5, 0.6) is 0 Å². The molecule has 0 atom stereocenters. The lowest BCUT2D eigenvalue weighted by atomic mass is 9.89. The molecule has 3 nitrogen and oxygen atoms in total. The van der Waals surface area contributed by atoms with E-state index < -0.39 is 0 Å². The van der Waals surface area contributed by atoms with Crippen molar-refractivity contribution in [2.75, 3.05) is 18.5 Å². The minimum atomic E-state index is -0.315. The fraction of sp³-hybridized carbons (Fsp3) is 0.643. The zero-order valence-corrected chi connectivity index (χ0v) is 11.0. The van der Waals surface area contributed by atoms with Gasteiger partial charge in [-0.1, -0.05) is 19.3 Å². The Morgan fingerprint density at radius 3 is 2.78 bits per heavy atom. The van der Waals surface area contributed by atoms with Crippen LogP contribution < -0.4 is 10.6 Å². The van der Waals surface area contributed by atoms with E-state index in [1.54, 1.807) is 0 Å². The van der Waals surface area contributed by atoms with Crippen molar-refractivity contribution < 1.29 is 4.39 Å². The average molecular weight is 251 g/mol. The van der Waals surface area contributed by atoms with Gasteiger partial charge in [-0.05, 0) is 24.8 Å². The number of pyridine rings is 1. The Bertz CT molecular complexity index is 389. The molecule has 0 unspecified atom stereocenters. The number of hydrogen-bond donors (Lipinski definition) is 1. The monoisotopic (exact) mass is 251 g/mol. The van der Waals surface area contributed by atoms with Gasteiger partial charge in [-0.25, -0.2) is 9.37 Å². The van der Waals surface area contributed by atoms with Crippen LogP contribution >= 0.6 is 0 Å². The van der Waals surface area contributed by atoms with Crippen molar-refractivity contribution in [3.63, 3.8) is 0 Å². The Kier molecular flexibility index (Phi) is 4.53. The first-order valence-corrected chi connectivity index (χ1v) is 6.76. The zero-order chi connectivity index (χ0) is 13.0. The summed E-state index contributed by atoms with van der Waals surface area (Å²) < 4.78 is 13.1. The van der Waals surface area contributed by atoms with Crippen molar-refractivity contribution in [2.45, 2.75) is 38.6 Å². The first kappa shape index (κ1) is 13.3. The molecule has 1 aromatic rings. The van der Waals surface area contributed by atoms with Crippen molar-refractivity contribution in [1.82, 2.24) is 4.98 Å². The molecule has 2 N–H and O–H groups in total. The van der Waals surface area contributed by atoms with E-state index in [-0.39, 0.29) is 5.82 Å². The molecule has 0 radical (unpaired) electrons. The van der Waals surface area contributed by atoms with Crippen LogP contribution in [0.4, 0.5) is 10.2 Å². The number of rotatable bonds is 4. The Balaban J connectivity index is 2.05. The van der Waals surface area contributed by atoms with Gasteiger partial charge < -0.3 is 10.6 Å². The number of anilines is 1. The van der Waals surface area contributed by atoms with Gasteiger partial charge in [0.1, 0.15) is 11.6 Å². The van der Waals surface area contributed by atoms with E-state index in [1.165, 1.54) is 44.4 Å². The molecule has 1 fully saturated rings. The van der Waals surface area contributed by atoms with Crippen LogP contribution in [0, 0.1) is 11.7 Å². The molecule has 100 valence electrons. The van der Waals surface area contributed by atoms with Crippen LogP contribution in [0.25, 0.3) is 0 Å². The summed E-state index contributed by atoms with van der Waals surface area (Å²) in [5.74, 6) is 1.25. The molecule has 0 aromatic carbocycles. The Morgan fingerprint density at radius 2 is 2.11 bits per heavy atom. The van der Waals surface area contributed by atoms with Crippen molar-refractivity contribution in [2.24, 2.45) is 11.7 Å². The highest BCUT2D eigenvalue weighted by molar-refractivity contribution is 5.46. The highest BCUT2D eigenvalue weighted by Crippen LogP contribution is 2.26. The summed E-state index contributed by atoms with van der Waals surface area (Å²) >= 11 is 0. The van der Waals surface area contributed by atoms with Crippen LogP contribution in [-0.4, -0.2) is 18.6 Å². The van der Waals surface area contributed by atoms with Crippen molar-refractivity contribution in [1.29, 1.82) is 0 Å². The zero-order valence-electron chi connectivity index (χ0n) is 11.0. The van der Waals surface area contributed by atoms with Gasteiger partial charge in [0.05, 0.1) is 6.20 Å². The number of aromatic nitrogens is 1. The Hall–Kier alpha value is -1.16. The van der Waals surface area contributed by atoms with Crippen LogP contribution in [0.3, 0.4) is 0 Å². The van der Waals surface area contributed by atoms with Crippen molar-refractivity contribution in [3.05, 3.63) is 23.6 Å². The quantitative estimate of drug-likeness (QED) is 0.894. The molecule has 1 aliphatic carbocycles. The molecular weight excluding hydrogens is 229 g/mol. The third kappa shape index (κ3) is 3.19. The maximum atomic E-state index is 13.1. The van der Waals surface area contributed by atoms with Crippen LogP contribution in [-0.2, 0) is 6.54 Å². The van der Waals surface area contributed by atoms with Crippen LogP contribution in [0.1, 0.15) is 37.7 Å². The van der Waals surface area contributed by atoms with E-state index >= 15 is 0 Å². The maximum Gasteiger partial charge on any atom is 0.141 e. The molecule has 1 aliphatic rings. The molecule has 18 heavy (non-hydrogen) atoms. The van der Waals surface area contributed by atoms with Gasteiger partial charge in [0, 0.05) is 25.7 Å². The molecule has 2 rings (SSSR count). The smallest absolute Gasteiger partial charge is 0.141 e. The highest BCUT2D eigenvalue weighted by atomic mass is 19.1. The molecule has 0 amide bonds. The number of hydrogen-bond acceptors (Lipinski definition) is 3. The SMILES string of the molecule is CN(CC1CCCCC1)c1ncc(F)cc1CN. The third-order valence-corrected chi connectivity index (χ3v) is 3.75.